The normalized spacial score (nSPS) is 27.6. The molecule has 12 nitrogen and oxygen atoms in total. The van der Waals surface area contributed by atoms with Crippen LogP contribution in [0.4, 0.5) is 0 Å². The molecule has 208 valence electrons. The number of carbonyl (C=O) groups is 6. The van der Waals surface area contributed by atoms with E-state index < -0.39 is 58.6 Å². The van der Waals surface area contributed by atoms with Gasteiger partial charge >= 0.3 is 23.9 Å². The summed E-state index contributed by atoms with van der Waals surface area (Å²) in [7, 11) is 2.38. The van der Waals surface area contributed by atoms with Gasteiger partial charge in [-0.3, -0.25) is 9.59 Å². The van der Waals surface area contributed by atoms with Crippen LogP contribution >= 0.6 is 0 Å². The highest BCUT2D eigenvalue weighted by molar-refractivity contribution is 6.04. The predicted octanol–water partition coefficient (Wildman–Crippen LogP) is 0.635. The minimum absolute atomic E-state index is 0.00803. The molecular formula is C26H34N2O10. The summed E-state index contributed by atoms with van der Waals surface area (Å²) in [4.78, 5) is 77.2. The zero-order valence-electron chi connectivity index (χ0n) is 22.5. The van der Waals surface area contributed by atoms with Crippen molar-refractivity contribution in [1.29, 1.82) is 0 Å². The average Bonchev–Trinajstić information content (AvgIpc) is 3.41. The van der Waals surface area contributed by atoms with Crippen molar-refractivity contribution in [3.8, 4) is 0 Å². The van der Waals surface area contributed by atoms with E-state index in [2.05, 4.69) is 10.6 Å². The number of carbonyl (C=O) groups excluding carboxylic acids is 6. The summed E-state index contributed by atoms with van der Waals surface area (Å²) in [6, 6.07) is 0. The highest BCUT2D eigenvalue weighted by Gasteiger charge is 2.60. The van der Waals surface area contributed by atoms with Gasteiger partial charge in [-0.25, -0.2) is 19.2 Å². The molecule has 0 saturated heterocycles. The Morgan fingerprint density at radius 1 is 0.711 bits per heavy atom. The number of methoxy groups -OCH3 is 2. The zero-order chi connectivity index (χ0) is 28.4. The van der Waals surface area contributed by atoms with Crippen molar-refractivity contribution in [2.75, 3.05) is 27.4 Å². The Kier molecular flexibility index (Phi) is 8.33. The molecule has 0 unspecified atom stereocenters. The van der Waals surface area contributed by atoms with Gasteiger partial charge in [0.25, 0.3) is 0 Å². The Balaban J connectivity index is 2.34. The number of nitrogens with one attached hydrogen (secondary N) is 2. The summed E-state index contributed by atoms with van der Waals surface area (Å²) < 4.78 is 20.7. The number of hydrogen-bond donors (Lipinski definition) is 2. The maximum absolute atomic E-state index is 13.4. The fourth-order valence-electron chi connectivity index (χ4n) is 6.18. The van der Waals surface area contributed by atoms with Crippen molar-refractivity contribution in [3.05, 3.63) is 22.3 Å². The topological polar surface area (TPSA) is 163 Å². The summed E-state index contributed by atoms with van der Waals surface area (Å²) in [5, 5.41) is 5.38. The molecular weight excluding hydrogens is 500 g/mol. The third kappa shape index (κ3) is 4.91. The molecule has 3 aliphatic carbocycles. The fourth-order valence-corrected chi connectivity index (χ4v) is 6.18. The van der Waals surface area contributed by atoms with Gasteiger partial charge in [-0.05, 0) is 26.7 Å². The van der Waals surface area contributed by atoms with E-state index in [9.17, 15) is 28.8 Å². The summed E-state index contributed by atoms with van der Waals surface area (Å²) >= 11 is 0. The molecule has 2 fully saturated rings. The lowest BCUT2D eigenvalue weighted by molar-refractivity contribution is -0.151. The quantitative estimate of drug-likeness (QED) is 0.256. The Labute approximate surface area is 220 Å². The maximum Gasteiger partial charge on any atom is 0.335 e. The number of esters is 4. The van der Waals surface area contributed by atoms with Crippen LogP contribution in [0.2, 0.25) is 0 Å². The number of fused-ring (bicyclic) bond motifs is 2. The van der Waals surface area contributed by atoms with E-state index in [0.717, 1.165) is 0 Å². The first-order chi connectivity index (χ1) is 17.9. The smallest absolute Gasteiger partial charge is 0.335 e. The van der Waals surface area contributed by atoms with E-state index in [-0.39, 0.29) is 50.0 Å². The summed E-state index contributed by atoms with van der Waals surface area (Å²) in [5.74, 6) is -5.56. The molecule has 0 bridgehead atoms. The van der Waals surface area contributed by atoms with E-state index in [4.69, 9.17) is 18.9 Å². The van der Waals surface area contributed by atoms with Gasteiger partial charge in [0.15, 0.2) is 0 Å². The Bertz CT molecular complexity index is 1050. The second kappa shape index (κ2) is 11.0. The lowest BCUT2D eigenvalue weighted by Crippen LogP contribution is -2.53. The maximum atomic E-state index is 13.4. The van der Waals surface area contributed by atoms with Gasteiger partial charge in [0.2, 0.25) is 11.8 Å². The second-order valence-corrected chi connectivity index (χ2v) is 9.70. The van der Waals surface area contributed by atoms with Crippen molar-refractivity contribution < 1.29 is 47.7 Å². The van der Waals surface area contributed by atoms with E-state index in [1.807, 2.05) is 0 Å². The van der Waals surface area contributed by atoms with Crippen LogP contribution in [0.5, 0.6) is 0 Å². The Morgan fingerprint density at radius 3 is 1.32 bits per heavy atom. The molecule has 2 amide bonds. The molecule has 4 atom stereocenters. The molecule has 38 heavy (non-hydrogen) atoms. The van der Waals surface area contributed by atoms with Gasteiger partial charge < -0.3 is 29.6 Å². The van der Waals surface area contributed by atoms with Gasteiger partial charge in [-0.1, -0.05) is 11.1 Å². The van der Waals surface area contributed by atoms with Crippen LogP contribution in [0.15, 0.2) is 22.3 Å². The zero-order valence-corrected chi connectivity index (χ0v) is 22.5. The van der Waals surface area contributed by atoms with Crippen molar-refractivity contribution in [2.45, 2.75) is 64.5 Å². The molecule has 0 aromatic rings. The molecule has 0 aliphatic heterocycles. The van der Waals surface area contributed by atoms with Crippen molar-refractivity contribution in [3.63, 3.8) is 0 Å². The van der Waals surface area contributed by atoms with E-state index in [1.165, 1.54) is 28.1 Å². The lowest BCUT2D eigenvalue weighted by atomic mass is 9.74. The van der Waals surface area contributed by atoms with E-state index in [1.54, 1.807) is 13.8 Å². The molecule has 0 radical (unpaired) electrons. The first kappa shape index (κ1) is 28.9. The minimum atomic E-state index is -1.52. The molecule has 3 rings (SSSR count). The molecule has 12 heteroatoms. The first-order valence-corrected chi connectivity index (χ1v) is 12.4. The number of amides is 2. The van der Waals surface area contributed by atoms with Crippen molar-refractivity contribution in [2.24, 2.45) is 11.8 Å². The van der Waals surface area contributed by atoms with Crippen LogP contribution in [0.3, 0.4) is 0 Å². The highest BCUT2D eigenvalue weighted by Crippen LogP contribution is 2.57. The fraction of sp³-hybridized carbons (Fsp3) is 0.615. The van der Waals surface area contributed by atoms with Gasteiger partial charge in [0.1, 0.15) is 11.1 Å². The lowest BCUT2D eigenvalue weighted by Gasteiger charge is -2.30. The number of hydrogen-bond acceptors (Lipinski definition) is 10. The number of rotatable bonds is 8. The largest absolute Gasteiger partial charge is 0.467 e. The first-order valence-electron chi connectivity index (χ1n) is 12.4. The van der Waals surface area contributed by atoms with Crippen LogP contribution in [0, 0.1) is 11.8 Å². The number of ether oxygens (including phenoxy) is 4. The third-order valence-corrected chi connectivity index (χ3v) is 7.30. The summed E-state index contributed by atoms with van der Waals surface area (Å²) in [6.07, 6.45) is -0.196. The molecule has 0 aromatic carbocycles. The van der Waals surface area contributed by atoms with Gasteiger partial charge in [0, 0.05) is 38.5 Å². The summed E-state index contributed by atoms with van der Waals surface area (Å²) in [5.41, 5.74) is -1.83. The van der Waals surface area contributed by atoms with Crippen LogP contribution in [0.1, 0.15) is 53.4 Å². The molecule has 0 aromatic heterocycles. The van der Waals surface area contributed by atoms with Crippen molar-refractivity contribution in [1.82, 2.24) is 10.6 Å². The molecule has 0 heterocycles. The van der Waals surface area contributed by atoms with Gasteiger partial charge in [-0.15, -0.1) is 0 Å². The average molecular weight is 535 g/mol. The van der Waals surface area contributed by atoms with Crippen LogP contribution in [-0.2, 0) is 47.7 Å². The monoisotopic (exact) mass is 534 g/mol. The third-order valence-electron chi connectivity index (χ3n) is 7.30. The van der Waals surface area contributed by atoms with Crippen LogP contribution < -0.4 is 10.6 Å². The Hall–Kier alpha value is -3.70. The predicted molar refractivity (Wildman–Crippen MR) is 130 cm³/mol. The van der Waals surface area contributed by atoms with Crippen LogP contribution in [-0.4, -0.2) is 74.2 Å². The molecule has 3 aliphatic rings. The minimum Gasteiger partial charge on any atom is -0.467 e. The molecule has 0 spiro atoms. The summed E-state index contributed by atoms with van der Waals surface area (Å²) in [6.45, 7) is 5.79. The van der Waals surface area contributed by atoms with E-state index >= 15 is 0 Å². The van der Waals surface area contributed by atoms with Gasteiger partial charge in [0.05, 0.1) is 38.6 Å². The van der Waals surface area contributed by atoms with Crippen LogP contribution in [0.25, 0.3) is 0 Å². The molecule has 2 N–H and O–H groups in total. The highest BCUT2D eigenvalue weighted by atomic mass is 16.5. The standard InChI is InChI=1S/C26H34N2O10/c1-7-37-21(31)19-17-11-25(23(33)35-5,27-13(3)29)9-15(17)16-10-26(24(34)36-6,28-14(4)30)12-18(16)20(19)22(32)38-8-2/h17-18H,7-12H2,1-6H3,(H,27,29)(H,28,30)/t17-,18+,25-,26-/m0/s1. The Morgan fingerprint density at radius 2 is 1.05 bits per heavy atom. The SMILES string of the molecule is CCOC(=O)C1=C(C(=O)OCC)[C@H]2C[C@](NC(C)=O)(C(=O)OC)CC2=C2C[C@@](NC(C)=O)(C(=O)OC)C[C@H]21. The van der Waals surface area contributed by atoms with E-state index in [0.29, 0.717) is 11.1 Å². The van der Waals surface area contributed by atoms with Gasteiger partial charge in [-0.2, -0.15) is 0 Å². The molecule has 2 saturated carbocycles. The van der Waals surface area contributed by atoms with Crippen molar-refractivity contribution >= 4 is 35.7 Å². The second-order valence-electron chi connectivity index (χ2n) is 9.70.